The fraction of sp³-hybridized carbons (Fsp3) is 0.417. The van der Waals surface area contributed by atoms with Crippen LogP contribution in [0, 0.1) is 17.1 Å². The molecule has 0 aliphatic rings. The molecule has 1 aromatic rings. The zero-order valence-electron chi connectivity index (χ0n) is 9.43. The van der Waals surface area contributed by atoms with Gasteiger partial charge in [-0.05, 0) is 30.2 Å². The minimum Gasteiger partial charge on any atom is -0.377 e. The van der Waals surface area contributed by atoms with Crippen molar-refractivity contribution in [3.8, 4) is 6.07 Å². The van der Waals surface area contributed by atoms with E-state index in [9.17, 15) is 17.6 Å². The van der Waals surface area contributed by atoms with Crippen LogP contribution in [0.25, 0.3) is 0 Å². The van der Waals surface area contributed by atoms with Crippen molar-refractivity contribution in [2.45, 2.75) is 25.6 Å². The summed E-state index contributed by atoms with van der Waals surface area (Å²) in [6.45, 7) is -0.153. The number of nitrogens with zero attached hydrogens (tertiary/aromatic N) is 1. The lowest BCUT2D eigenvalue weighted by Gasteiger charge is -2.08. The molecule has 0 spiro atoms. The van der Waals surface area contributed by atoms with Crippen LogP contribution in [0.2, 0.25) is 0 Å². The molecule has 0 amide bonds. The number of nitriles is 1. The topological polar surface area (TPSA) is 33.0 Å². The van der Waals surface area contributed by atoms with Gasteiger partial charge in [-0.2, -0.15) is 18.4 Å². The van der Waals surface area contributed by atoms with E-state index in [0.717, 1.165) is 12.1 Å². The van der Waals surface area contributed by atoms with Gasteiger partial charge in [0, 0.05) is 13.0 Å². The Labute approximate surface area is 102 Å². The molecular formula is C12H11F4NO. The minimum atomic E-state index is -4.19. The van der Waals surface area contributed by atoms with Crippen molar-refractivity contribution in [2.24, 2.45) is 0 Å². The minimum absolute atomic E-state index is 0.0709. The molecule has 0 aliphatic carbocycles. The highest BCUT2D eigenvalue weighted by atomic mass is 19.4. The van der Waals surface area contributed by atoms with Gasteiger partial charge < -0.3 is 4.74 Å². The summed E-state index contributed by atoms with van der Waals surface area (Å²) < 4.78 is 53.4. The Hall–Kier alpha value is -1.61. The summed E-state index contributed by atoms with van der Waals surface area (Å²) in [5, 5.41) is 8.74. The molecule has 1 rings (SSSR count). The standard InChI is InChI=1S/C12H11F4NO/c13-11-3-2-9(7-17)10(6-11)8-18-5-1-4-12(14,15)16/h2-3,6H,1,4-5,8H2. The van der Waals surface area contributed by atoms with Crippen LogP contribution >= 0.6 is 0 Å². The fourth-order valence-corrected chi connectivity index (χ4v) is 1.35. The summed E-state index contributed by atoms with van der Waals surface area (Å²) in [6.07, 6.45) is -5.26. The second-order valence-corrected chi connectivity index (χ2v) is 3.68. The van der Waals surface area contributed by atoms with Crippen LogP contribution in [-0.2, 0) is 11.3 Å². The summed E-state index contributed by atoms with van der Waals surface area (Å²) in [6, 6.07) is 5.46. The van der Waals surface area contributed by atoms with Gasteiger partial charge in [0.2, 0.25) is 0 Å². The number of hydrogen-bond acceptors (Lipinski definition) is 2. The SMILES string of the molecule is N#Cc1ccc(F)cc1COCCCC(F)(F)F. The average molecular weight is 261 g/mol. The Balaban J connectivity index is 2.40. The molecule has 0 saturated carbocycles. The van der Waals surface area contributed by atoms with Crippen molar-refractivity contribution in [1.29, 1.82) is 5.26 Å². The lowest BCUT2D eigenvalue weighted by Crippen LogP contribution is -2.09. The van der Waals surface area contributed by atoms with E-state index in [1.807, 2.05) is 6.07 Å². The van der Waals surface area contributed by atoms with Gasteiger partial charge in [-0.3, -0.25) is 0 Å². The van der Waals surface area contributed by atoms with Crippen molar-refractivity contribution < 1.29 is 22.3 Å². The van der Waals surface area contributed by atoms with Crippen LogP contribution in [0.1, 0.15) is 24.0 Å². The molecule has 0 N–H and O–H groups in total. The molecule has 0 heterocycles. The molecule has 0 radical (unpaired) electrons. The first-order valence-electron chi connectivity index (χ1n) is 5.25. The lowest BCUT2D eigenvalue weighted by molar-refractivity contribution is -0.138. The first-order chi connectivity index (χ1) is 8.42. The molecule has 6 heteroatoms. The zero-order chi connectivity index (χ0) is 13.6. The summed E-state index contributed by atoms with van der Waals surface area (Å²) in [4.78, 5) is 0. The number of benzene rings is 1. The van der Waals surface area contributed by atoms with Gasteiger partial charge in [-0.1, -0.05) is 0 Å². The normalized spacial score (nSPS) is 11.3. The van der Waals surface area contributed by atoms with Gasteiger partial charge in [-0.25, -0.2) is 4.39 Å². The molecule has 0 unspecified atom stereocenters. The number of ether oxygens (including phenoxy) is 1. The van der Waals surface area contributed by atoms with Gasteiger partial charge in [-0.15, -0.1) is 0 Å². The first-order valence-corrected chi connectivity index (χ1v) is 5.25. The van der Waals surface area contributed by atoms with E-state index in [4.69, 9.17) is 10.00 Å². The maximum absolute atomic E-state index is 12.9. The van der Waals surface area contributed by atoms with Gasteiger partial charge in [0.25, 0.3) is 0 Å². The van der Waals surface area contributed by atoms with Crippen LogP contribution < -0.4 is 0 Å². The molecule has 0 aromatic heterocycles. The monoisotopic (exact) mass is 261 g/mol. The van der Waals surface area contributed by atoms with E-state index in [0.29, 0.717) is 5.56 Å². The van der Waals surface area contributed by atoms with Gasteiger partial charge in [0.1, 0.15) is 5.82 Å². The molecule has 0 saturated heterocycles. The maximum atomic E-state index is 12.9. The molecule has 0 aliphatic heterocycles. The number of halogens is 4. The van der Waals surface area contributed by atoms with Crippen molar-refractivity contribution in [2.75, 3.05) is 6.61 Å². The van der Waals surface area contributed by atoms with Gasteiger partial charge in [0.15, 0.2) is 0 Å². The first kappa shape index (κ1) is 14.5. The second kappa shape index (κ2) is 6.36. The molecule has 18 heavy (non-hydrogen) atoms. The highest BCUT2D eigenvalue weighted by Gasteiger charge is 2.25. The van der Waals surface area contributed by atoms with E-state index in [1.54, 1.807) is 0 Å². The molecule has 98 valence electrons. The maximum Gasteiger partial charge on any atom is 0.389 e. The number of rotatable bonds is 5. The van der Waals surface area contributed by atoms with Crippen molar-refractivity contribution in [3.63, 3.8) is 0 Å². The molecule has 2 nitrogen and oxygen atoms in total. The van der Waals surface area contributed by atoms with Gasteiger partial charge >= 0.3 is 6.18 Å². The largest absolute Gasteiger partial charge is 0.389 e. The zero-order valence-corrected chi connectivity index (χ0v) is 9.43. The molecular weight excluding hydrogens is 250 g/mol. The lowest BCUT2D eigenvalue weighted by atomic mass is 10.1. The van der Waals surface area contributed by atoms with E-state index in [-0.39, 0.29) is 25.2 Å². The van der Waals surface area contributed by atoms with Crippen LogP contribution in [0.4, 0.5) is 17.6 Å². The Morgan fingerprint density at radius 1 is 1.28 bits per heavy atom. The highest BCUT2D eigenvalue weighted by molar-refractivity contribution is 5.37. The Bertz CT molecular complexity index is 437. The van der Waals surface area contributed by atoms with E-state index < -0.39 is 18.4 Å². The van der Waals surface area contributed by atoms with Crippen molar-refractivity contribution in [1.82, 2.24) is 0 Å². The molecule has 0 bridgehead atoms. The van der Waals surface area contributed by atoms with Gasteiger partial charge in [0.05, 0.1) is 18.2 Å². The van der Waals surface area contributed by atoms with Crippen molar-refractivity contribution >= 4 is 0 Å². The summed E-state index contributed by atoms with van der Waals surface area (Å²) in [7, 11) is 0. The van der Waals surface area contributed by atoms with Crippen LogP contribution in [0.3, 0.4) is 0 Å². The quantitative estimate of drug-likeness (QED) is 0.599. The fourth-order valence-electron chi connectivity index (χ4n) is 1.35. The highest BCUT2D eigenvalue weighted by Crippen LogP contribution is 2.21. The smallest absolute Gasteiger partial charge is 0.377 e. The predicted octanol–water partition coefficient (Wildman–Crippen LogP) is 3.56. The van der Waals surface area contributed by atoms with E-state index in [1.165, 1.54) is 6.07 Å². The van der Waals surface area contributed by atoms with E-state index >= 15 is 0 Å². The van der Waals surface area contributed by atoms with Crippen LogP contribution in [0.5, 0.6) is 0 Å². The summed E-state index contributed by atoms with van der Waals surface area (Å²) in [5.41, 5.74) is 0.594. The van der Waals surface area contributed by atoms with Crippen LogP contribution in [-0.4, -0.2) is 12.8 Å². The number of hydrogen-bond donors (Lipinski definition) is 0. The summed E-state index contributed by atoms with van der Waals surface area (Å²) in [5.74, 6) is -0.511. The average Bonchev–Trinajstić information content (AvgIpc) is 2.27. The Morgan fingerprint density at radius 2 is 2.00 bits per heavy atom. The van der Waals surface area contributed by atoms with Crippen molar-refractivity contribution in [3.05, 3.63) is 35.1 Å². The molecule has 0 atom stereocenters. The molecule has 1 aromatic carbocycles. The summed E-state index contributed by atoms with van der Waals surface area (Å²) >= 11 is 0. The Kier molecular flexibility index (Phi) is 5.10. The van der Waals surface area contributed by atoms with E-state index in [2.05, 4.69) is 0 Å². The third-order valence-corrected chi connectivity index (χ3v) is 2.19. The second-order valence-electron chi connectivity index (χ2n) is 3.68. The molecule has 0 fully saturated rings. The predicted molar refractivity (Wildman–Crippen MR) is 56.1 cm³/mol. The third-order valence-electron chi connectivity index (χ3n) is 2.19. The Morgan fingerprint density at radius 3 is 2.61 bits per heavy atom. The van der Waals surface area contributed by atoms with Crippen LogP contribution in [0.15, 0.2) is 18.2 Å². The number of alkyl halides is 3. The third kappa shape index (κ3) is 5.15.